The van der Waals surface area contributed by atoms with E-state index in [9.17, 15) is 4.39 Å². The molecule has 1 atom stereocenters. The van der Waals surface area contributed by atoms with E-state index in [4.69, 9.17) is 0 Å². The summed E-state index contributed by atoms with van der Waals surface area (Å²) in [5.74, 6) is 0.961. The fourth-order valence-corrected chi connectivity index (χ4v) is 3.86. The van der Waals surface area contributed by atoms with E-state index in [1.54, 1.807) is 6.07 Å². The predicted molar refractivity (Wildman–Crippen MR) is 91.9 cm³/mol. The van der Waals surface area contributed by atoms with Crippen LogP contribution in [0.25, 0.3) is 0 Å². The van der Waals surface area contributed by atoms with Crippen molar-refractivity contribution in [2.75, 3.05) is 30.3 Å². The Kier molecular flexibility index (Phi) is 5.55. The maximum Gasteiger partial charge on any atom is 0.146 e. The first-order valence-electron chi connectivity index (χ1n) is 7.84. The van der Waals surface area contributed by atoms with Gasteiger partial charge in [0.1, 0.15) is 5.82 Å². The van der Waals surface area contributed by atoms with Crippen molar-refractivity contribution in [3.05, 3.63) is 29.6 Å². The lowest BCUT2D eigenvalue weighted by molar-refractivity contribution is 0.559. The average molecular weight is 310 g/mol. The number of nitrogens with one attached hydrogen (secondary N) is 1. The first-order valence-corrected chi connectivity index (χ1v) is 8.83. The van der Waals surface area contributed by atoms with Gasteiger partial charge in [-0.05, 0) is 51.4 Å². The molecule has 0 radical (unpaired) electrons. The van der Waals surface area contributed by atoms with Crippen molar-refractivity contribution in [1.82, 2.24) is 5.32 Å². The van der Waals surface area contributed by atoms with E-state index in [1.165, 1.54) is 0 Å². The number of benzene rings is 1. The Bertz CT molecular complexity index is 476. The Morgan fingerprint density at radius 3 is 2.81 bits per heavy atom. The molecular weight excluding hydrogens is 283 g/mol. The van der Waals surface area contributed by atoms with Crippen LogP contribution in [0, 0.1) is 5.82 Å². The molecule has 2 nitrogen and oxygen atoms in total. The van der Waals surface area contributed by atoms with Crippen molar-refractivity contribution in [1.29, 1.82) is 0 Å². The van der Waals surface area contributed by atoms with Gasteiger partial charge in [-0.25, -0.2) is 4.39 Å². The number of rotatable bonds is 5. The summed E-state index contributed by atoms with van der Waals surface area (Å²) in [6, 6.07) is 5.89. The van der Waals surface area contributed by atoms with E-state index in [1.807, 2.05) is 17.8 Å². The highest BCUT2D eigenvalue weighted by Crippen LogP contribution is 2.33. The van der Waals surface area contributed by atoms with Crippen molar-refractivity contribution in [2.45, 2.75) is 44.9 Å². The van der Waals surface area contributed by atoms with Gasteiger partial charge in [-0.1, -0.05) is 13.0 Å². The van der Waals surface area contributed by atoms with Gasteiger partial charge in [0.2, 0.25) is 0 Å². The molecule has 21 heavy (non-hydrogen) atoms. The Labute approximate surface area is 132 Å². The van der Waals surface area contributed by atoms with Crippen molar-refractivity contribution < 1.29 is 4.39 Å². The molecular formula is C17H27FN2S. The smallest absolute Gasteiger partial charge is 0.146 e. The minimum atomic E-state index is -0.0969. The van der Waals surface area contributed by atoms with Gasteiger partial charge in [-0.15, -0.1) is 0 Å². The van der Waals surface area contributed by atoms with Crippen molar-refractivity contribution >= 4 is 17.4 Å². The number of anilines is 1. The van der Waals surface area contributed by atoms with Gasteiger partial charge < -0.3 is 10.2 Å². The van der Waals surface area contributed by atoms with Crippen LogP contribution in [0.4, 0.5) is 10.1 Å². The number of hydrogen-bond donors (Lipinski definition) is 1. The molecule has 1 heterocycles. The van der Waals surface area contributed by atoms with Gasteiger partial charge in [0.25, 0.3) is 0 Å². The minimum absolute atomic E-state index is 0.0969. The summed E-state index contributed by atoms with van der Waals surface area (Å²) >= 11 is 1.97. The number of halogens is 1. The van der Waals surface area contributed by atoms with Gasteiger partial charge in [-0.2, -0.15) is 11.8 Å². The van der Waals surface area contributed by atoms with E-state index >= 15 is 0 Å². The maximum absolute atomic E-state index is 14.5. The molecule has 1 aliphatic heterocycles. The van der Waals surface area contributed by atoms with Crippen molar-refractivity contribution in [3.8, 4) is 0 Å². The molecule has 0 amide bonds. The van der Waals surface area contributed by atoms with E-state index in [2.05, 4.69) is 44.0 Å². The van der Waals surface area contributed by atoms with Crippen LogP contribution in [0.5, 0.6) is 0 Å². The number of thioether (sulfide) groups is 1. The highest BCUT2D eigenvalue weighted by atomic mass is 32.2. The maximum atomic E-state index is 14.5. The highest BCUT2D eigenvalue weighted by molar-refractivity contribution is 8.00. The number of nitrogens with zero attached hydrogens (tertiary/aromatic N) is 1. The second-order valence-electron chi connectivity index (χ2n) is 6.42. The molecule has 1 aromatic rings. The Morgan fingerprint density at radius 1 is 1.43 bits per heavy atom. The summed E-state index contributed by atoms with van der Waals surface area (Å²) in [7, 11) is 0. The summed E-state index contributed by atoms with van der Waals surface area (Å²) in [6.07, 6.45) is 1.09. The second kappa shape index (κ2) is 7.01. The van der Waals surface area contributed by atoms with Crippen LogP contribution in [0.2, 0.25) is 0 Å². The normalized spacial score (nSPS) is 19.6. The zero-order valence-corrected chi connectivity index (χ0v) is 14.4. The van der Waals surface area contributed by atoms with Crippen LogP contribution >= 0.6 is 11.8 Å². The summed E-state index contributed by atoms with van der Waals surface area (Å²) in [4.78, 5) is 2.18. The quantitative estimate of drug-likeness (QED) is 0.876. The van der Waals surface area contributed by atoms with E-state index in [-0.39, 0.29) is 16.6 Å². The van der Waals surface area contributed by atoms with Gasteiger partial charge >= 0.3 is 0 Å². The fourth-order valence-electron chi connectivity index (χ4n) is 2.75. The third kappa shape index (κ3) is 4.36. The predicted octanol–water partition coefficient (Wildman–Crippen LogP) is 4.22. The Balaban J connectivity index is 2.12. The minimum Gasteiger partial charge on any atom is -0.367 e. The topological polar surface area (TPSA) is 15.3 Å². The summed E-state index contributed by atoms with van der Waals surface area (Å²) < 4.78 is 14.7. The SMILES string of the molecule is CCCNC(C)c1ccc(N2CCSC(C)(C)C2)c(F)c1. The zero-order chi connectivity index (χ0) is 15.5. The van der Waals surface area contributed by atoms with Gasteiger partial charge in [-0.3, -0.25) is 0 Å². The van der Waals surface area contributed by atoms with Crippen LogP contribution in [0.3, 0.4) is 0 Å². The first kappa shape index (κ1) is 16.6. The molecule has 1 saturated heterocycles. The molecule has 2 rings (SSSR count). The van der Waals surface area contributed by atoms with Crippen LogP contribution in [0.1, 0.15) is 45.7 Å². The lowest BCUT2D eigenvalue weighted by Gasteiger charge is -2.39. The molecule has 0 spiro atoms. The Hall–Kier alpha value is -0.740. The van der Waals surface area contributed by atoms with E-state index < -0.39 is 0 Å². The second-order valence-corrected chi connectivity index (χ2v) is 8.22. The van der Waals surface area contributed by atoms with Gasteiger partial charge in [0, 0.05) is 29.6 Å². The lowest BCUT2D eigenvalue weighted by atomic mass is 10.1. The van der Waals surface area contributed by atoms with Crippen LogP contribution in [-0.4, -0.2) is 30.1 Å². The van der Waals surface area contributed by atoms with Gasteiger partial charge in [0.15, 0.2) is 0 Å². The molecule has 1 N–H and O–H groups in total. The largest absolute Gasteiger partial charge is 0.367 e. The molecule has 0 aromatic heterocycles. The molecule has 1 unspecified atom stereocenters. The molecule has 118 valence electrons. The molecule has 0 bridgehead atoms. The summed E-state index contributed by atoms with van der Waals surface area (Å²) in [6.45, 7) is 11.5. The number of hydrogen-bond acceptors (Lipinski definition) is 3. The summed E-state index contributed by atoms with van der Waals surface area (Å²) in [5.41, 5.74) is 1.77. The van der Waals surface area contributed by atoms with Crippen LogP contribution in [-0.2, 0) is 0 Å². The van der Waals surface area contributed by atoms with Crippen LogP contribution < -0.4 is 10.2 Å². The molecule has 1 aromatic carbocycles. The Morgan fingerprint density at radius 2 is 2.19 bits per heavy atom. The fraction of sp³-hybridized carbons (Fsp3) is 0.647. The van der Waals surface area contributed by atoms with Crippen molar-refractivity contribution in [2.24, 2.45) is 0 Å². The zero-order valence-electron chi connectivity index (χ0n) is 13.6. The third-order valence-electron chi connectivity index (χ3n) is 3.94. The van der Waals surface area contributed by atoms with Gasteiger partial charge in [0.05, 0.1) is 5.69 Å². The summed E-state index contributed by atoms with van der Waals surface area (Å²) in [5, 5.41) is 3.40. The highest BCUT2D eigenvalue weighted by Gasteiger charge is 2.28. The molecule has 1 aliphatic rings. The van der Waals surface area contributed by atoms with E-state index in [0.717, 1.165) is 43.1 Å². The van der Waals surface area contributed by atoms with Crippen LogP contribution in [0.15, 0.2) is 18.2 Å². The molecule has 0 saturated carbocycles. The van der Waals surface area contributed by atoms with Crippen molar-refractivity contribution in [3.63, 3.8) is 0 Å². The first-order chi connectivity index (χ1) is 9.93. The molecule has 0 aliphatic carbocycles. The third-order valence-corrected chi connectivity index (χ3v) is 5.24. The molecule has 1 fully saturated rings. The molecule has 4 heteroatoms. The lowest BCUT2D eigenvalue weighted by Crippen LogP contribution is -2.43. The standard InChI is InChI=1S/C17H27FN2S/c1-5-8-19-13(2)14-6-7-16(15(18)11-14)20-9-10-21-17(3,4)12-20/h6-7,11,13,19H,5,8-10,12H2,1-4H3. The van der Waals surface area contributed by atoms with E-state index in [0.29, 0.717) is 0 Å². The monoisotopic (exact) mass is 310 g/mol. The average Bonchev–Trinajstić information content (AvgIpc) is 2.43.